The van der Waals surface area contributed by atoms with Crippen molar-refractivity contribution in [2.75, 3.05) is 29.6 Å². The highest BCUT2D eigenvalue weighted by atomic mass is 35.5. The lowest BCUT2D eigenvalue weighted by Gasteiger charge is -2.45. The number of carbonyl (C=O) groups excluding carboxylic acids is 1. The summed E-state index contributed by atoms with van der Waals surface area (Å²) in [7, 11) is -1.51. The fraction of sp³-hybridized carbons (Fsp3) is 0.346. The van der Waals surface area contributed by atoms with Crippen LogP contribution in [0.1, 0.15) is 31.9 Å². The third-order valence-corrected chi connectivity index (χ3v) is 7.29. The minimum Gasteiger partial charge on any atom is -0.377 e. The molecular formula is C26H29ClN4O4S. The van der Waals surface area contributed by atoms with Gasteiger partial charge in [0.15, 0.2) is 5.72 Å². The number of nitrogens with zero attached hydrogens (tertiary/aromatic N) is 4. The van der Waals surface area contributed by atoms with Crippen LogP contribution in [-0.4, -0.2) is 45.8 Å². The van der Waals surface area contributed by atoms with Crippen LogP contribution in [0, 0.1) is 0 Å². The van der Waals surface area contributed by atoms with E-state index in [9.17, 15) is 9.00 Å². The van der Waals surface area contributed by atoms with Gasteiger partial charge in [-0.15, -0.1) is 0 Å². The second-order valence-corrected chi connectivity index (χ2v) is 10.1. The van der Waals surface area contributed by atoms with Crippen LogP contribution in [0.4, 0.5) is 16.3 Å². The van der Waals surface area contributed by atoms with Gasteiger partial charge >= 0.3 is 6.03 Å². The molecule has 0 aliphatic carbocycles. The first-order chi connectivity index (χ1) is 17.4. The van der Waals surface area contributed by atoms with Crippen LogP contribution in [0.25, 0.3) is 0 Å². The zero-order chi connectivity index (χ0) is 25.7. The molecule has 190 valence electrons. The van der Waals surface area contributed by atoms with Crippen molar-refractivity contribution >= 4 is 39.9 Å². The van der Waals surface area contributed by atoms with Gasteiger partial charge < -0.3 is 9.47 Å². The summed E-state index contributed by atoms with van der Waals surface area (Å²) in [6.07, 6.45) is 1.62. The number of hydrogen-bond acceptors (Lipinski definition) is 6. The number of para-hydroxylation sites is 1. The van der Waals surface area contributed by atoms with Crippen LogP contribution in [0.2, 0.25) is 5.02 Å². The summed E-state index contributed by atoms with van der Waals surface area (Å²) >= 11 is 6.46. The number of halogens is 1. The third kappa shape index (κ3) is 5.44. The molecule has 36 heavy (non-hydrogen) atoms. The molecule has 0 N–H and O–H groups in total. The Morgan fingerprint density at radius 1 is 1.08 bits per heavy atom. The van der Waals surface area contributed by atoms with Crippen molar-refractivity contribution in [3.63, 3.8) is 0 Å². The largest absolute Gasteiger partial charge is 0.377 e. The molecular weight excluding hydrogens is 500 g/mol. The van der Waals surface area contributed by atoms with Crippen LogP contribution in [-0.2, 0) is 32.6 Å². The first kappa shape index (κ1) is 26.2. The zero-order valence-corrected chi connectivity index (χ0v) is 22.1. The second kappa shape index (κ2) is 11.5. The van der Waals surface area contributed by atoms with Gasteiger partial charge in [0.05, 0.1) is 40.4 Å². The number of benzene rings is 2. The molecule has 2 atom stereocenters. The highest BCUT2D eigenvalue weighted by Crippen LogP contribution is 2.38. The molecule has 1 aromatic heterocycles. The lowest BCUT2D eigenvalue weighted by molar-refractivity contribution is -0.0768. The summed E-state index contributed by atoms with van der Waals surface area (Å²) in [5, 5.41) is 0.593. The Morgan fingerprint density at radius 3 is 2.50 bits per heavy atom. The van der Waals surface area contributed by atoms with Gasteiger partial charge in [0.25, 0.3) is 0 Å². The van der Waals surface area contributed by atoms with E-state index in [0.29, 0.717) is 35.3 Å². The van der Waals surface area contributed by atoms with Crippen LogP contribution >= 0.6 is 11.6 Å². The van der Waals surface area contributed by atoms with Crippen LogP contribution in [0.3, 0.4) is 0 Å². The number of hydrogen-bond donors (Lipinski definition) is 0. The minimum absolute atomic E-state index is 0.116. The number of amides is 2. The summed E-state index contributed by atoms with van der Waals surface area (Å²) < 4.78 is 25.0. The maximum Gasteiger partial charge on any atom is 0.332 e. The Hall–Kier alpha value is -2.85. The van der Waals surface area contributed by atoms with E-state index in [0.717, 1.165) is 5.56 Å². The smallest absolute Gasteiger partial charge is 0.332 e. The Balaban J connectivity index is 1.79. The van der Waals surface area contributed by atoms with Crippen molar-refractivity contribution < 1.29 is 18.5 Å². The zero-order valence-electron chi connectivity index (χ0n) is 20.5. The van der Waals surface area contributed by atoms with Gasteiger partial charge in [-0.3, -0.25) is 9.11 Å². The van der Waals surface area contributed by atoms with Gasteiger partial charge in [0, 0.05) is 25.0 Å². The molecule has 10 heteroatoms. The van der Waals surface area contributed by atoms with Gasteiger partial charge in [-0.05, 0) is 38.5 Å². The standard InChI is InChI=1S/C26H29ClN4O4S/c1-4-34-18-26(3,35-5-2)31-23-20(16-30(25(31)32)22-14-10-9-13-21(22)27)15-28-24(29-23)36(33)17-19-11-7-6-8-12-19/h6-15H,4-5,16-18H2,1-3H3. The molecule has 4 rings (SSSR count). The average Bonchev–Trinajstić information content (AvgIpc) is 2.88. The number of anilines is 2. The maximum atomic E-state index is 14.0. The summed E-state index contributed by atoms with van der Waals surface area (Å²) in [6.45, 7) is 6.62. The molecule has 0 saturated heterocycles. The number of urea groups is 1. The highest BCUT2D eigenvalue weighted by molar-refractivity contribution is 7.84. The van der Waals surface area contributed by atoms with E-state index < -0.39 is 16.5 Å². The average molecular weight is 529 g/mol. The Labute approximate surface area is 218 Å². The lowest BCUT2D eigenvalue weighted by Crippen LogP contribution is -2.61. The highest BCUT2D eigenvalue weighted by Gasteiger charge is 2.45. The molecule has 0 fully saturated rings. The molecule has 0 bridgehead atoms. The number of ether oxygens (including phenoxy) is 2. The Kier molecular flexibility index (Phi) is 8.35. The SMILES string of the molecule is CCOCC(C)(OCC)N1C(=O)N(c2ccccc2Cl)Cc2cnc(S(=O)Cc3ccccc3)nc21. The van der Waals surface area contributed by atoms with E-state index in [1.165, 1.54) is 4.90 Å². The fourth-order valence-electron chi connectivity index (χ4n) is 4.09. The van der Waals surface area contributed by atoms with E-state index in [4.69, 9.17) is 21.1 Å². The second-order valence-electron chi connectivity index (χ2n) is 8.38. The van der Waals surface area contributed by atoms with Gasteiger partial charge in [-0.2, -0.15) is 0 Å². The number of carbonyl (C=O) groups is 1. The van der Waals surface area contributed by atoms with E-state index in [1.807, 2.05) is 56.3 Å². The molecule has 0 saturated carbocycles. The van der Waals surface area contributed by atoms with E-state index in [1.54, 1.807) is 30.2 Å². The molecule has 1 aliphatic heterocycles. The van der Waals surface area contributed by atoms with Crippen molar-refractivity contribution in [2.45, 2.75) is 44.0 Å². The normalized spacial score (nSPS) is 15.9. The van der Waals surface area contributed by atoms with Gasteiger partial charge in [-0.25, -0.2) is 19.7 Å². The molecule has 2 heterocycles. The lowest BCUT2D eigenvalue weighted by atomic mass is 10.1. The maximum absolute atomic E-state index is 14.0. The van der Waals surface area contributed by atoms with Crippen molar-refractivity contribution in [1.82, 2.24) is 9.97 Å². The monoisotopic (exact) mass is 528 g/mol. The summed E-state index contributed by atoms with van der Waals surface area (Å²) in [4.78, 5) is 26.1. The van der Waals surface area contributed by atoms with Gasteiger partial charge in [0.2, 0.25) is 5.16 Å². The molecule has 2 amide bonds. The quantitative estimate of drug-likeness (QED) is 0.337. The predicted molar refractivity (Wildman–Crippen MR) is 141 cm³/mol. The molecule has 2 aromatic carbocycles. The Morgan fingerprint density at radius 2 is 1.81 bits per heavy atom. The molecule has 3 aromatic rings. The van der Waals surface area contributed by atoms with Crippen molar-refractivity contribution in [3.8, 4) is 0 Å². The van der Waals surface area contributed by atoms with E-state index >= 15 is 0 Å². The van der Waals surface area contributed by atoms with Crippen LogP contribution < -0.4 is 9.80 Å². The molecule has 2 unspecified atom stereocenters. The summed E-state index contributed by atoms with van der Waals surface area (Å²) in [5.74, 6) is 0.617. The number of aromatic nitrogens is 2. The number of rotatable bonds is 10. The van der Waals surface area contributed by atoms with E-state index in [2.05, 4.69) is 9.97 Å². The topological polar surface area (TPSA) is 84.9 Å². The van der Waals surface area contributed by atoms with Gasteiger partial charge in [-0.1, -0.05) is 54.1 Å². The van der Waals surface area contributed by atoms with Crippen molar-refractivity contribution in [3.05, 3.63) is 76.9 Å². The Bertz CT molecular complexity index is 1250. The third-order valence-electron chi connectivity index (χ3n) is 5.77. The minimum atomic E-state index is -1.51. The van der Waals surface area contributed by atoms with Crippen molar-refractivity contribution in [1.29, 1.82) is 0 Å². The van der Waals surface area contributed by atoms with Crippen LogP contribution in [0.5, 0.6) is 0 Å². The number of fused-ring (bicyclic) bond motifs is 1. The summed E-state index contributed by atoms with van der Waals surface area (Å²) in [6, 6.07) is 16.3. The van der Waals surface area contributed by atoms with E-state index in [-0.39, 0.29) is 30.1 Å². The first-order valence-electron chi connectivity index (χ1n) is 11.7. The first-order valence-corrected chi connectivity index (χ1v) is 13.4. The van der Waals surface area contributed by atoms with Crippen LogP contribution in [0.15, 0.2) is 66.0 Å². The molecule has 8 nitrogen and oxygen atoms in total. The molecule has 0 radical (unpaired) electrons. The molecule has 1 aliphatic rings. The molecule has 0 spiro atoms. The summed E-state index contributed by atoms with van der Waals surface area (Å²) in [5.41, 5.74) is 0.970. The van der Waals surface area contributed by atoms with Crippen molar-refractivity contribution in [2.24, 2.45) is 0 Å². The van der Waals surface area contributed by atoms with Gasteiger partial charge in [0.1, 0.15) is 5.82 Å². The fourth-order valence-corrected chi connectivity index (χ4v) is 5.32. The predicted octanol–water partition coefficient (Wildman–Crippen LogP) is 5.17.